The summed E-state index contributed by atoms with van der Waals surface area (Å²) in [5, 5.41) is 8.74. The summed E-state index contributed by atoms with van der Waals surface area (Å²) in [5.74, 6) is 7.27. The largest absolute Gasteiger partial charge is 0.310 e. The van der Waals surface area contributed by atoms with Crippen molar-refractivity contribution in [1.29, 1.82) is 0 Å². The number of anilines is 6. The summed E-state index contributed by atoms with van der Waals surface area (Å²) >= 11 is 0. The molecule has 2 nitrogen and oxygen atoms in total. The van der Waals surface area contributed by atoms with Crippen molar-refractivity contribution in [1.82, 2.24) is 0 Å². The summed E-state index contributed by atoms with van der Waals surface area (Å²) in [6.07, 6.45) is 0. The summed E-state index contributed by atoms with van der Waals surface area (Å²) in [5.41, 5.74) is 8.91. The molecule has 0 spiro atoms. The lowest BCUT2D eigenvalue weighted by Gasteiger charge is -2.29. The van der Waals surface area contributed by atoms with Crippen LogP contribution in [0.25, 0.3) is 21.5 Å². The molecule has 0 aromatic heterocycles. The van der Waals surface area contributed by atoms with Crippen LogP contribution >= 0.6 is 0 Å². The first-order valence-electron chi connectivity index (χ1n) is 18.7. The zero-order valence-electron chi connectivity index (χ0n) is 30.1. The van der Waals surface area contributed by atoms with E-state index in [2.05, 4.69) is 234 Å². The minimum Gasteiger partial charge on any atom is -0.310 e. The molecule has 0 unspecified atom stereocenters. The van der Waals surface area contributed by atoms with Crippen molar-refractivity contribution in [3.8, 4) is 11.8 Å². The van der Waals surface area contributed by atoms with Gasteiger partial charge in [0.1, 0.15) is 0 Å². The molecular weight excluding hydrogens is 681 g/mol. The predicted octanol–water partition coefficient (Wildman–Crippen LogP) is 11.2. The van der Waals surface area contributed by atoms with Crippen molar-refractivity contribution in [3.63, 3.8) is 0 Å². The van der Waals surface area contributed by atoms with Crippen LogP contribution in [0.15, 0.2) is 212 Å². The average Bonchev–Trinajstić information content (AvgIpc) is 3.41. The standard InChI is InChI=1S/C52H35N2Si/c1-4-20-42(21-5-1)53(49-28-14-18-38-16-10-12-26-47(38)49)44-34-32-40-30-31-41-33-35-45(37-52(41)55(51(40)36-44)46-24-8-3-9-25-46)54(43-22-6-2-7-23-43)50-29-15-19-39-17-11-13-27-48(39)50/h1-29,32-37H. The highest BCUT2D eigenvalue weighted by Gasteiger charge is 2.29. The Balaban J connectivity index is 1.19. The van der Waals surface area contributed by atoms with Crippen molar-refractivity contribution in [2.75, 3.05) is 9.80 Å². The molecule has 0 aliphatic carbocycles. The summed E-state index contributed by atoms with van der Waals surface area (Å²) in [7, 11) is -1.57. The summed E-state index contributed by atoms with van der Waals surface area (Å²) in [6.45, 7) is 0. The number of hydrogen-bond donors (Lipinski definition) is 0. The molecule has 0 saturated heterocycles. The molecule has 10 rings (SSSR count). The Morgan fingerprint density at radius 2 is 0.727 bits per heavy atom. The van der Waals surface area contributed by atoms with Crippen LogP contribution in [-0.2, 0) is 0 Å². The summed E-state index contributed by atoms with van der Waals surface area (Å²) in [6, 6.07) is 76.8. The molecule has 9 aromatic rings. The zero-order chi connectivity index (χ0) is 36.6. The molecule has 0 saturated carbocycles. The molecule has 55 heavy (non-hydrogen) atoms. The maximum atomic E-state index is 3.64. The van der Waals surface area contributed by atoms with Gasteiger partial charge in [0.15, 0.2) is 8.80 Å². The Labute approximate surface area is 323 Å². The lowest BCUT2D eigenvalue weighted by atomic mass is 10.1. The third-order valence-corrected chi connectivity index (χ3v) is 13.3. The van der Waals surface area contributed by atoms with E-state index in [4.69, 9.17) is 0 Å². The minimum absolute atomic E-state index is 1.08. The van der Waals surface area contributed by atoms with Crippen LogP contribution in [0.5, 0.6) is 0 Å². The Kier molecular flexibility index (Phi) is 8.29. The van der Waals surface area contributed by atoms with Gasteiger partial charge >= 0.3 is 0 Å². The monoisotopic (exact) mass is 715 g/mol. The molecule has 0 amide bonds. The van der Waals surface area contributed by atoms with Crippen LogP contribution in [0.4, 0.5) is 34.1 Å². The smallest absolute Gasteiger partial charge is 0.158 e. The van der Waals surface area contributed by atoms with Crippen LogP contribution in [0, 0.1) is 11.8 Å². The Bertz CT molecular complexity index is 2710. The maximum absolute atomic E-state index is 3.64. The Hall–Kier alpha value is -7.12. The summed E-state index contributed by atoms with van der Waals surface area (Å²) < 4.78 is 0. The van der Waals surface area contributed by atoms with Gasteiger partial charge in [-0.05, 0) is 93.9 Å². The van der Waals surface area contributed by atoms with E-state index in [1.807, 2.05) is 0 Å². The van der Waals surface area contributed by atoms with E-state index in [1.165, 1.54) is 37.1 Å². The quantitative estimate of drug-likeness (QED) is 0.120. The molecule has 1 aliphatic rings. The number of benzene rings is 9. The van der Waals surface area contributed by atoms with Gasteiger partial charge in [0.2, 0.25) is 0 Å². The van der Waals surface area contributed by atoms with Crippen LogP contribution in [0.1, 0.15) is 11.1 Å². The van der Waals surface area contributed by atoms with Crippen LogP contribution < -0.4 is 25.4 Å². The van der Waals surface area contributed by atoms with Crippen molar-refractivity contribution in [3.05, 3.63) is 223 Å². The van der Waals surface area contributed by atoms with Gasteiger partial charge in [-0.3, -0.25) is 0 Å². The zero-order valence-corrected chi connectivity index (χ0v) is 31.1. The first-order chi connectivity index (χ1) is 27.3. The van der Waals surface area contributed by atoms with E-state index in [-0.39, 0.29) is 0 Å². The highest BCUT2D eigenvalue weighted by Crippen LogP contribution is 2.40. The van der Waals surface area contributed by atoms with Gasteiger partial charge in [-0.15, -0.1) is 0 Å². The maximum Gasteiger partial charge on any atom is 0.158 e. The minimum atomic E-state index is -1.57. The molecule has 0 bridgehead atoms. The molecule has 0 fully saturated rings. The fourth-order valence-electron chi connectivity index (χ4n) is 7.99. The van der Waals surface area contributed by atoms with E-state index in [9.17, 15) is 0 Å². The van der Waals surface area contributed by atoms with Crippen molar-refractivity contribution in [2.45, 2.75) is 0 Å². The molecule has 257 valence electrons. The third kappa shape index (κ3) is 5.96. The van der Waals surface area contributed by atoms with Crippen molar-refractivity contribution >= 4 is 80.0 Å². The Morgan fingerprint density at radius 1 is 0.327 bits per heavy atom. The highest BCUT2D eigenvalue weighted by atomic mass is 28.3. The first kappa shape index (κ1) is 32.5. The predicted molar refractivity (Wildman–Crippen MR) is 234 cm³/mol. The van der Waals surface area contributed by atoms with Gasteiger partial charge < -0.3 is 9.80 Å². The lowest BCUT2D eigenvalue weighted by molar-refractivity contribution is 1.30. The lowest BCUT2D eigenvalue weighted by Crippen LogP contribution is -2.53. The molecule has 9 aromatic carbocycles. The number of nitrogens with zero attached hydrogens (tertiary/aromatic N) is 2. The van der Waals surface area contributed by atoms with Crippen LogP contribution in [0.3, 0.4) is 0 Å². The van der Waals surface area contributed by atoms with Gasteiger partial charge in [0.25, 0.3) is 0 Å². The molecule has 3 heteroatoms. The SMILES string of the molecule is C1#Cc2ccc(N(c3ccccc3)c3cccc4ccccc34)cc2[Si](c2ccccc2)c2cc(N(c3ccccc3)c3cccc4ccccc34)ccc21. The van der Waals surface area contributed by atoms with Crippen molar-refractivity contribution < 1.29 is 0 Å². The molecule has 1 heterocycles. The van der Waals surface area contributed by atoms with Gasteiger partial charge in [0.05, 0.1) is 11.4 Å². The topological polar surface area (TPSA) is 6.48 Å². The van der Waals surface area contributed by atoms with E-state index in [1.54, 1.807) is 0 Å². The molecule has 1 radical (unpaired) electrons. The molecular formula is C52H35N2Si. The number of para-hydroxylation sites is 2. The third-order valence-electron chi connectivity index (χ3n) is 10.5. The second-order valence-corrected chi connectivity index (χ2v) is 16.2. The van der Waals surface area contributed by atoms with Crippen LogP contribution in [-0.4, -0.2) is 8.80 Å². The number of rotatable bonds is 7. The fraction of sp³-hybridized carbons (Fsp3) is 0. The number of hydrogen-bond acceptors (Lipinski definition) is 2. The van der Waals surface area contributed by atoms with E-state index < -0.39 is 8.80 Å². The second-order valence-electron chi connectivity index (χ2n) is 13.8. The fourth-order valence-corrected chi connectivity index (χ4v) is 10.8. The van der Waals surface area contributed by atoms with Crippen molar-refractivity contribution in [2.24, 2.45) is 0 Å². The summed E-state index contributed by atoms with van der Waals surface area (Å²) in [4.78, 5) is 4.81. The molecule has 0 atom stereocenters. The van der Waals surface area contributed by atoms with E-state index in [0.29, 0.717) is 0 Å². The van der Waals surface area contributed by atoms with Gasteiger partial charge in [0, 0.05) is 44.6 Å². The second kappa shape index (κ2) is 14.0. The van der Waals surface area contributed by atoms with Crippen LogP contribution in [0.2, 0.25) is 0 Å². The van der Waals surface area contributed by atoms with Gasteiger partial charge in [-0.2, -0.15) is 0 Å². The molecule has 1 aliphatic heterocycles. The molecule has 0 N–H and O–H groups in total. The first-order valence-corrected chi connectivity index (χ1v) is 20.2. The highest BCUT2D eigenvalue weighted by molar-refractivity contribution is 6.96. The number of fused-ring (bicyclic) bond motifs is 4. The van der Waals surface area contributed by atoms with E-state index >= 15 is 0 Å². The average molecular weight is 716 g/mol. The van der Waals surface area contributed by atoms with Gasteiger partial charge in [-0.25, -0.2) is 0 Å². The van der Waals surface area contributed by atoms with E-state index in [0.717, 1.165) is 45.3 Å². The Morgan fingerprint density at radius 3 is 1.20 bits per heavy atom. The normalized spacial score (nSPS) is 11.9. The van der Waals surface area contributed by atoms with Gasteiger partial charge in [-0.1, -0.05) is 157 Å².